The fraction of sp³-hybridized carbons (Fsp3) is 0. The third-order valence-corrected chi connectivity index (χ3v) is 11.5. The molecule has 4 heteroatoms. The lowest BCUT2D eigenvalue weighted by Crippen LogP contribution is -2.10. The molecule has 0 amide bonds. The summed E-state index contributed by atoms with van der Waals surface area (Å²) in [6, 6.07) is 68.8. The number of rotatable bonds is 5. The molecule has 0 saturated heterocycles. The van der Waals surface area contributed by atoms with Gasteiger partial charge in [0.15, 0.2) is 5.58 Å². The van der Waals surface area contributed by atoms with Crippen molar-refractivity contribution in [3.63, 3.8) is 0 Å². The van der Waals surface area contributed by atoms with Crippen LogP contribution in [0.4, 0.5) is 17.1 Å². The van der Waals surface area contributed by atoms with E-state index in [1.165, 1.54) is 43.4 Å². The van der Waals surface area contributed by atoms with E-state index in [4.69, 9.17) is 13.8 Å². The highest BCUT2D eigenvalue weighted by molar-refractivity contribution is 6.26. The second-order valence-electron chi connectivity index (χ2n) is 14.7. The van der Waals surface area contributed by atoms with Crippen LogP contribution in [-0.4, -0.2) is 4.98 Å². The predicted octanol–water partition coefficient (Wildman–Crippen LogP) is 15.1. The van der Waals surface area contributed by atoms with Crippen LogP contribution < -0.4 is 4.90 Å². The third kappa shape index (κ3) is 4.98. The Bertz CT molecular complexity index is 3460. The Morgan fingerprint density at radius 3 is 1.60 bits per heavy atom. The molecule has 12 rings (SSSR count). The molecular formula is C53H32N2O2. The quantitative estimate of drug-likeness (QED) is 0.166. The summed E-state index contributed by atoms with van der Waals surface area (Å²) in [6.45, 7) is 0. The maximum absolute atomic E-state index is 6.67. The molecular weight excluding hydrogens is 697 g/mol. The Kier molecular flexibility index (Phi) is 6.89. The fourth-order valence-electron chi connectivity index (χ4n) is 8.85. The molecule has 0 aliphatic carbocycles. The van der Waals surface area contributed by atoms with Crippen LogP contribution in [0.3, 0.4) is 0 Å². The molecule has 0 aliphatic heterocycles. The van der Waals surface area contributed by atoms with E-state index in [-0.39, 0.29) is 0 Å². The molecule has 12 aromatic rings. The molecule has 2 heterocycles. The van der Waals surface area contributed by atoms with Gasteiger partial charge in [-0.15, -0.1) is 0 Å². The minimum Gasteiger partial charge on any atom is -0.456 e. The third-order valence-electron chi connectivity index (χ3n) is 11.5. The van der Waals surface area contributed by atoms with E-state index < -0.39 is 0 Å². The molecule has 0 N–H and O–H groups in total. The number of furan rings is 1. The van der Waals surface area contributed by atoms with Crippen LogP contribution in [0.5, 0.6) is 0 Å². The number of aromatic nitrogens is 1. The van der Waals surface area contributed by atoms with E-state index in [0.29, 0.717) is 5.89 Å². The summed E-state index contributed by atoms with van der Waals surface area (Å²) in [5, 5.41) is 11.8. The van der Waals surface area contributed by atoms with Crippen molar-refractivity contribution in [3.05, 3.63) is 194 Å². The largest absolute Gasteiger partial charge is 0.456 e. The lowest BCUT2D eigenvalue weighted by molar-refractivity contribution is 0.620. The van der Waals surface area contributed by atoms with E-state index in [1.54, 1.807) is 0 Å². The summed E-state index contributed by atoms with van der Waals surface area (Å²) in [5.41, 5.74) is 9.65. The Morgan fingerprint density at radius 1 is 0.333 bits per heavy atom. The summed E-state index contributed by atoms with van der Waals surface area (Å²) >= 11 is 0. The van der Waals surface area contributed by atoms with Gasteiger partial charge < -0.3 is 13.7 Å². The monoisotopic (exact) mass is 728 g/mol. The maximum atomic E-state index is 6.67. The van der Waals surface area contributed by atoms with E-state index >= 15 is 0 Å². The Morgan fingerprint density at radius 2 is 0.877 bits per heavy atom. The van der Waals surface area contributed by atoms with Gasteiger partial charge in [-0.25, -0.2) is 4.98 Å². The van der Waals surface area contributed by atoms with Crippen molar-refractivity contribution in [2.75, 3.05) is 4.90 Å². The van der Waals surface area contributed by atoms with Crippen molar-refractivity contribution in [2.45, 2.75) is 0 Å². The summed E-state index contributed by atoms with van der Waals surface area (Å²) in [7, 11) is 0. The zero-order chi connectivity index (χ0) is 37.5. The molecule has 0 radical (unpaired) electrons. The van der Waals surface area contributed by atoms with Gasteiger partial charge in [0.25, 0.3) is 0 Å². The van der Waals surface area contributed by atoms with Crippen LogP contribution in [0, 0.1) is 0 Å². The zero-order valence-electron chi connectivity index (χ0n) is 30.7. The van der Waals surface area contributed by atoms with Crippen LogP contribution in [-0.2, 0) is 0 Å². The summed E-state index contributed by atoms with van der Waals surface area (Å²) in [5.74, 6) is 0.581. The van der Waals surface area contributed by atoms with Gasteiger partial charge in [0.1, 0.15) is 16.7 Å². The molecule has 10 aromatic carbocycles. The Hall–Kier alpha value is -7.69. The maximum Gasteiger partial charge on any atom is 0.228 e. The molecule has 0 spiro atoms. The normalized spacial score (nSPS) is 11.9. The highest BCUT2D eigenvalue weighted by Gasteiger charge is 2.21. The number of nitrogens with zero attached hydrogens (tertiary/aromatic N) is 2. The first-order valence-electron chi connectivity index (χ1n) is 19.3. The lowest BCUT2D eigenvalue weighted by Gasteiger charge is -2.26. The minimum absolute atomic E-state index is 0.581. The molecule has 2 aromatic heterocycles. The average molecular weight is 729 g/mol. The molecule has 0 bridgehead atoms. The Balaban J connectivity index is 1.09. The van der Waals surface area contributed by atoms with Gasteiger partial charge in [-0.1, -0.05) is 133 Å². The first kappa shape index (κ1) is 31.6. The molecule has 57 heavy (non-hydrogen) atoms. The lowest BCUT2D eigenvalue weighted by atomic mass is 9.94. The first-order chi connectivity index (χ1) is 28.2. The Labute approximate surface area is 327 Å². The highest BCUT2D eigenvalue weighted by Crippen LogP contribution is 2.45. The molecule has 0 atom stereocenters. The minimum atomic E-state index is 0.581. The van der Waals surface area contributed by atoms with Crippen molar-refractivity contribution in [1.29, 1.82) is 0 Å². The van der Waals surface area contributed by atoms with Crippen molar-refractivity contribution in [2.24, 2.45) is 0 Å². The van der Waals surface area contributed by atoms with Crippen LogP contribution in [0.25, 0.3) is 98.7 Å². The van der Waals surface area contributed by atoms with Crippen LogP contribution >= 0.6 is 0 Å². The van der Waals surface area contributed by atoms with Gasteiger partial charge in [-0.2, -0.15) is 0 Å². The number of hydrogen-bond acceptors (Lipinski definition) is 4. The van der Waals surface area contributed by atoms with E-state index in [1.807, 2.05) is 24.3 Å². The van der Waals surface area contributed by atoms with Crippen molar-refractivity contribution < 1.29 is 8.83 Å². The number of hydrogen-bond donors (Lipinski definition) is 0. The predicted molar refractivity (Wildman–Crippen MR) is 237 cm³/mol. The SMILES string of the molecule is c1ccc(-c2ccc(N(c3ccc4c5ccccc5c5ccccc5c4c3)c3ccc4oc5cc(-c6nc7ccccc7o6)c6ccccc6c5c4c3)cc2)cc1. The highest BCUT2D eigenvalue weighted by atomic mass is 16.3. The van der Waals surface area contributed by atoms with Crippen molar-refractivity contribution in [1.82, 2.24) is 4.98 Å². The fourth-order valence-corrected chi connectivity index (χ4v) is 8.85. The van der Waals surface area contributed by atoms with Crippen LogP contribution in [0.2, 0.25) is 0 Å². The van der Waals surface area contributed by atoms with Crippen molar-refractivity contribution >= 4 is 93.2 Å². The summed E-state index contributed by atoms with van der Waals surface area (Å²) in [6.07, 6.45) is 0. The van der Waals surface area contributed by atoms with Gasteiger partial charge in [0.2, 0.25) is 5.89 Å². The smallest absolute Gasteiger partial charge is 0.228 e. The number of anilines is 3. The van der Waals surface area contributed by atoms with Gasteiger partial charge in [0, 0.05) is 33.4 Å². The average Bonchev–Trinajstić information content (AvgIpc) is 3.89. The number of para-hydroxylation sites is 2. The van der Waals surface area contributed by atoms with E-state index in [9.17, 15) is 0 Å². The zero-order valence-corrected chi connectivity index (χ0v) is 30.7. The van der Waals surface area contributed by atoms with Gasteiger partial charge in [-0.05, 0) is 115 Å². The summed E-state index contributed by atoms with van der Waals surface area (Å²) in [4.78, 5) is 7.23. The topological polar surface area (TPSA) is 42.4 Å². The molecule has 4 nitrogen and oxygen atoms in total. The second kappa shape index (κ2) is 12.4. The van der Waals surface area contributed by atoms with Crippen LogP contribution in [0.15, 0.2) is 203 Å². The van der Waals surface area contributed by atoms with E-state index in [0.717, 1.165) is 66.4 Å². The number of oxazole rings is 1. The van der Waals surface area contributed by atoms with Gasteiger partial charge >= 0.3 is 0 Å². The molecule has 0 unspecified atom stereocenters. The number of benzene rings is 10. The first-order valence-corrected chi connectivity index (χ1v) is 19.3. The molecule has 0 saturated carbocycles. The summed E-state index contributed by atoms with van der Waals surface area (Å²) < 4.78 is 13.0. The van der Waals surface area contributed by atoms with Gasteiger partial charge in [0.05, 0.1) is 0 Å². The number of fused-ring (bicyclic) bond motifs is 12. The van der Waals surface area contributed by atoms with Crippen molar-refractivity contribution in [3.8, 4) is 22.6 Å². The standard InChI is InChI=1S/C53H32N2O2/c1-2-12-33(13-3-1)34-22-24-35(25-23-34)55(36-26-28-43-40-16-5-4-14-38(40)39-15-6-7-17-41(39)45(43)30-36)37-27-29-49-47(31-37)52-44-19-9-8-18-42(44)46(32-51(52)56-49)53-54-48-20-10-11-21-50(48)57-53/h1-32H. The molecule has 0 aliphatic rings. The van der Waals surface area contributed by atoms with Crippen LogP contribution in [0.1, 0.15) is 0 Å². The van der Waals surface area contributed by atoms with Gasteiger partial charge in [-0.3, -0.25) is 0 Å². The van der Waals surface area contributed by atoms with E-state index in [2.05, 4.69) is 175 Å². The molecule has 266 valence electrons. The molecule has 0 fully saturated rings. The second-order valence-corrected chi connectivity index (χ2v) is 14.7.